The first-order valence-corrected chi connectivity index (χ1v) is 37.4. The maximum atomic E-state index is 3.72. The molecule has 0 aliphatic heterocycles. The molecule has 0 amide bonds. The van der Waals surface area contributed by atoms with Gasteiger partial charge in [-0.2, -0.15) is 0 Å². The van der Waals surface area contributed by atoms with Crippen LogP contribution in [0.15, 0.2) is 545 Å². The Morgan fingerprint density at radius 3 is 0.0530 bits per heavy atom. The molecule has 0 aliphatic carbocycles. The van der Waals surface area contributed by atoms with E-state index in [0.29, 0.717) is 0 Å². The molecule has 0 saturated carbocycles. The van der Waals surface area contributed by atoms with Crippen LogP contribution in [0.2, 0.25) is 0 Å². The van der Waals surface area contributed by atoms with E-state index in [0.717, 1.165) is 0 Å². The van der Waals surface area contributed by atoms with Gasteiger partial charge in [0, 0.05) is 545 Å². The van der Waals surface area contributed by atoms with Crippen LogP contribution in [0, 0.1) is 0 Å². The van der Waals surface area contributed by atoms with Gasteiger partial charge >= 0.3 is 0 Å². The Bertz CT molecular complexity index is 3250. The van der Waals surface area contributed by atoms with Crippen LogP contribution in [-0.2, 0) is 0 Å². The van der Waals surface area contributed by atoms with Crippen molar-refractivity contribution in [2.24, 2.45) is 0 Å². The van der Waals surface area contributed by atoms with Crippen LogP contribution in [0.3, 0.4) is 0 Å². The predicted molar refractivity (Wildman–Crippen MR) is 485 cm³/mol. The minimum atomic E-state index is 1.64. The van der Waals surface area contributed by atoms with Crippen molar-refractivity contribution in [3.63, 3.8) is 0 Å². The monoisotopic (exact) mass is 1760 g/mol. The van der Waals surface area contributed by atoms with Gasteiger partial charge < -0.3 is 0 Å². The maximum Gasteiger partial charge on any atom is 0.0451 e. The Hall–Kier alpha value is -20.2. The second-order valence-electron chi connectivity index (χ2n) is 19.7. The van der Waals surface area contributed by atoms with Crippen molar-refractivity contribution in [3.05, 3.63) is 545 Å². The number of nitrogens with zero attached hydrogens (tertiary/aromatic N) is 44. The van der Waals surface area contributed by atoms with Crippen molar-refractivity contribution >= 4 is 0 Å². The van der Waals surface area contributed by atoms with Crippen molar-refractivity contribution in [1.82, 2.24) is 219 Å². The predicted octanol–water partition coefficient (Wildman–Crippen LogP) is 10.5. The summed E-state index contributed by atoms with van der Waals surface area (Å²) in [6, 6.07) is 0. The summed E-state index contributed by atoms with van der Waals surface area (Å²) in [7, 11) is 0. The van der Waals surface area contributed by atoms with E-state index in [2.05, 4.69) is 219 Å². The van der Waals surface area contributed by atoms with Gasteiger partial charge in [-0.15, -0.1) is 0 Å². The molecule has 0 saturated heterocycles. The molecule has 22 aromatic rings. The molecular formula is C88H88N44. The molecule has 0 radical (unpaired) electrons. The summed E-state index contributed by atoms with van der Waals surface area (Å²) in [4.78, 5) is 164. The van der Waals surface area contributed by atoms with Crippen molar-refractivity contribution in [3.8, 4) is 0 Å². The van der Waals surface area contributed by atoms with E-state index in [1.54, 1.807) is 545 Å². The van der Waals surface area contributed by atoms with Crippen LogP contribution in [-0.4, -0.2) is 219 Å². The average molecular weight is 1760 g/mol. The summed E-state index contributed by atoms with van der Waals surface area (Å²) in [6.45, 7) is 0. The number of rotatable bonds is 0. The Morgan fingerprint density at radius 2 is 0.0455 bits per heavy atom. The Labute approximate surface area is 760 Å². The zero-order chi connectivity index (χ0) is 93.3. The number of hydrogen-bond acceptors (Lipinski definition) is 44. The van der Waals surface area contributed by atoms with E-state index in [-0.39, 0.29) is 0 Å². The van der Waals surface area contributed by atoms with E-state index in [9.17, 15) is 0 Å². The Morgan fingerprint density at radius 1 is 0.0303 bits per heavy atom. The molecule has 0 spiro atoms. The highest BCUT2D eigenvalue weighted by molar-refractivity contribution is 4.83. The van der Waals surface area contributed by atoms with Crippen LogP contribution >= 0.6 is 0 Å². The van der Waals surface area contributed by atoms with E-state index in [1.807, 2.05) is 0 Å². The van der Waals surface area contributed by atoms with Crippen LogP contribution in [0.1, 0.15) is 0 Å². The fraction of sp³-hybridized carbons (Fsp3) is 0. The second kappa shape index (κ2) is 107. The molecular weight excluding hydrogens is 1670 g/mol. The summed E-state index contributed by atoms with van der Waals surface area (Å²) in [5, 5.41) is 0. The van der Waals surface area contributed by atoms with Gasteiger partial charge in [-0.1, -0.05) is 0 Å². The SMILES string of the molecule is c1cnccn1.c1cnccn1.c1cnccn1.c1cnccn1.c1cnccn1.c1cnccn1.c1cnccn1.c1cnccn1.c1cnccn1.c1cnccn1.c1cnccn1.c1cnccn1.c1cnccn1.c1cnccn1.c1cnccn1.c1cnccn1.c1cnccn1.c1cnccn1.c1cnccn1.c1cnccn1.c1cnccn1.c1cnccn1. The fourth-order valence-corrected chi connectivity index (χ4v) is 5.57. The van der Waals surface area contributed by atoms with E-state index < -0.39 is 0 Å². The lowest BCUT2D eigenvalue weighted by atomic mass is 10.8. The first kappa shape index (κ1) is 110. The molecule has 0 unspecified atom stereocenters. The van der Waals surface area contributed by atoms with Crippen LogP contribution < -0.4 is 0 Å². The molecule has 0 bridgehead atoms. The zero-order valence-electron chi connectivity index (χ0n) is 70.5. The van der Waals surface area contributed by atoms with Crippen LogP contribution in [0.25, 0.3) is 0 Å². The Balaban J connectivity index is 0.000000691. The van der Waals surface area contributed by atoms with Gasteiger partial charge in [0.25, 0.3) is 0 Å². The third kappa shape index (κ3) is 104. The standard InChI is InChI=1S/22C4H4N2/c22*1-2-6-4-3-5-1/h22*1-4H. The van der Waals surface area contributed by atoms with Crippen molar-refractivity contribution in [2.75, 3.05) is 0 Å². The summed E-state index contributed by atoms with van der Waals surface area (Å²) >= 11 is 0. The summed E-state index contributed by atoms with van der Waals surface area (Å²) in [6.07, 6.45) is 144. The molecule has 22 aromatic heterocycles. The third-order valence-corrected chi connectivity index (χ3v) is 10.5. The largest absolute Gasteiger partial charge is 0.262 e. The molecule has 0 N–H and O–H groups in total. The minimum absolute atomic E-state index is 1.64. The quantitative estimate of drug-likeness (QED) is 0.136. The number of hydrogen-bond donors (Lipinski definition) is 0. The molecule has 44 nitrogen and oxygen atoms in total. The Kier molecular flexibility index (Phi) is 88.8. The fourth-order valence-electron chi connectivity index (χ4n) is 5.57. The second-order valence-corrected chi connectivity index (χ2v) is 19.7. The normalized spacial score (nSPS) is 8.00. The summed E-state index contributed by atoms with van der Waals surface area (Å²) < 4.78 is 0. The molecule has 0 atom stereocenters. The van der Waals surface area contributed by atoms with E-state index in [4.69, 9.17) is 0 Å². The molecule has 0 fully saturated rings. The van der Waals surface area contributed by atoms with Gasteiger partial charge in [0.2, 0.25) is 0 Å². The smallest absolute Gasteiger partial charge is 0.0451 e. The average Bonchev–Trinajstić information content (AvgIpc) is 3.99. The lowest BCUT2D eigenvalue weighted by Gasteiger charge is -1.70. The first-order chi connectivity index (χ1) is 66.0. The molecule has 660 valence electrons. The summed E-state index contributed by atoms with van der Waals surface area (Å²) in [5.41, 5.74) is 0. The zero-order valence-corrected chi connectivity index (χ0v) is 70.5. The molecule has 0 aliphatic rings. The first-order valence-electron chi connectivity index (χ1n) is 37.4. The van der Waals surface area contributed by atoms with E-state index >= 15 is 0 Å². The van der Waals surface area contributed by atoms with Crippen molar-refractivity contribution in [1.29, 1.82) is 0 Å². The van der Waals surface area contributed by atoms with Crippen molar-refractivity contribution < 1.29 is 0 Å². The van der Waals surface area contributed by atoms with Gasteiger partial charge in [-0.05, 0) is 0 Å². The van der Waals surface area contributed by atoms with Crippen LogP contribution in [0.5, 0.6) is 0 Å². The van der Waals surface area contributed by atoms with Gasteiger partial charge in [0.15, 0.2) is 0 Å². The number of aromatic nitrogens is 44. The summed E-state index contributed by atoms with van der Waals surface area (Å²) in [5.74, 6) is 0. The topological polar surface area (TPSA) is 567 Å². The molecule has 22 heterocycles. The minimum Gasteiger partial charge on any atom is -0.262 e. The lowest BCUT2D eigenvalue weighted by molar-refractivity contribution is 1.20. The van der Waals surface area contributed by atoms with Gasteiger partial charge in [-0.3, -0.25) is 219 Å². The molecule has 22 rings (SSSR count). The van der Waals surface area contributed by atoms with Crippen molar-refractivity contribution in [2.45, 2.75) is 0 Å². The van der Waals surface area contributed by atoms with E-state index in [1.165, 1.54) is 0 Å². The lowest BCUT2D eigenvalue weighted by Crippen LogP contribution is -1.66. The van der Waals surface area contributed by atoms with Crippen LogP contribution in [0.4, 0.5) is 0 Å². The molecule has 44 heteroatoms. The highest BCUT2D eigenvalue weighted by Crippen LogP contribution is 1.78. The van der Waals surface area contributed by atoms with Gasteiger partial charge in [0.1, 0.15) is 0 Å². The highest BCUT2D eigenvalue weighted by Gasteiger charge is 1.71. The van der Waals surface area contributed by atoms with Gasteiger partial charge in [0.05, 0.1) is 0 Å². The van der Waals surface area contributed by atoms with Gasteiger partial charge in [-0.25, -0.2) is 0 Å². The highest BCUT2D eigenvalue weighted by atomic mass is 14.8. The molecule has 0 aromatic carbocycles. The maximum absolute atomic E-state index is 3.72. The molecule has 132 heavy (non-hydrogen) atoms. The third-order valence-electron chi connectivity index (χ3n) is 10.5.